The van der Waals surface area contributed by atoms with E-state index in [0.29, 0.717) is 36.5 Å². The van der Waals surface area contributed by atoms with Crippen molar-refractivity contribution in [2.45, 2.75) is 19.8 Å². The third kappa shape index (κ3) is 6.48. The summed E-state index contributed by atoms with van der Waals surface area (Å²) in [6, 6.07) is 13.9. The molecule has 2 aromatic rings. The molecule has 138 valence electrons. The standard InChI is InChI=1S/C20H22ClFN2O2/c1-15(25)24(12-10-16-5-4-7-18(21)13-16)14-20(26)23-11-9-17-6-2-3-8-19(17)22/h2-8,13H,9-12,14H2,1H3,(H,23,26). The van der Waals surface area contributed by atoms with E-state index in [1.165, 1.54) is 17.9 Å². The van der Waals surface area contributed by atoms with Crippen LogP contribution in [0.3, 0.4) is 0 Å². The Morgan fingerprint density at radius 1 is 1.12 bits per heavy atom. The van der Waals surface area contributed by atoms with E-state index in [1.807, 2.05) is 18.2 Å². The van der Waals surface area contributed by atoms with Crippen molar-refractivity contribution in [3.63, 3.8) is 0 Å². The van der Waals surface area contributed by atoms with Gasteiger partial charge in [-0.15, -0.1) is 0 Å². The summed E-state index contributed by atoms with van der Waals surface area (Å²) in [6.07, 6.45) is 1.02. The molecule has 2 amide bonds. The molecule has 6 heteroatoms. The number of carbonyl (C=O) groups is 2. The second-order valence-corrected chi connectivity index (χ2v) is 6.45. The molecule has 0 saturated heterocycles. The molecule has 0 heterocycles. The lowest BCUT2D eigenvalue weighted by Gasteiger charge is -2.20. The highest BCUT2D eigenvalue weighted by Crippen LogP contribution is 2.11. The van der Waals surface area contributed by atoms with Crippen molar-refractivity contribution in [3.8, 4) is 0 Å². The average molecular weight is 377 g/mol. The van der Waals surface area contributed by atoms with Crippen LogP contribution in [0, 0.1) is 5.82 Å². The number of benzene rings is 2. The maximum atomic E-state index is 13.5. The van der Waals surface area contributed by atoms with Gasteiger partial charge in [0, 0.05) is 25.0 Å². The summed E-state index contributed by atoms with van der Waals surface area (Å²) in [7, 11) is 0. The van der Waals surface area contributed by atoms with Crippen LogP contribution in [0.25, 0.3) is 0 Å². The molecule has 0 bridgehead atoms. The van der Waals surface area contributed by atoms with Gasteiger partial charge in [-0.2, -0.15) is 0 Å². The van der Waals surface area contributed by atoms with Crippen LogP contribution in [0.1, 0.15) is 18.1 Å². The van der Waals surface area contributed by atoms with Crippen LogP contribution in [-0.2, 0) is 22.4 Å². The summed E-state index contributed by atoms with van der Waals surface area (Å²) in [5.74, 6) is -0.715. The SMILES string of the molecule is CC(=O)N(CCc1cccc(Cl)c1)CC(=O)NCCc1ccccc1F. The number of hydrogen-bond acceptors (Lipinski definition) is 2. The third-order valence-corrected chi connectivity index (χ3v) is 4.25. The Balaban J connectivity index is 1.80. The molecule has 1 N–H and O–H groups in total. The predicted octanol–water partition coefficient (Wildman–Crippen LogP) is 3.23. The van der Waals surface area contributed by atoms with Crippen LogP contribution in [0.15, 0.2) is 48.5 Å². The Labute approximate surface area is 158 Å². The van der Waals surface area contributed by atoms with Gasteiger partial charge in [-0.1, -0.05) is 41.9 Å². The van der Waals surface area contributed by atoms with Crippen molar-refractivity contribution in [1.82, 2.24) is 10.2 Å². The average Bonchev–Trinajstić information content (AvgIpc) is 2.60. The molecule has 0 aliphatic heterocycles. The highest BCUT2D eigenvalue weighted by Gasteiger charge is 2.13. The molecule has 2 rings (SSSR count). The van der Waals surface area contributed by atoms with E-state index in [1.54, 1.807) is 24.3 Å². The van der Waals surface area contributed by atoms with Crippen LogP contribution in [0.2, 0.25) is 5.02 Å². The zero-order chi connectivity index (χ0) is 18.9. The Morgan fingerprint density at radius 3 is 2.58 bits per heavy atom. The largest absolute Gasteiger partial charge is 0.354 e. The number of nitrogens with one attached hydrogen (secondary N) is 1. The van der Waals surface area contributed by atoms with Gasteiger partial charge in [-0.05, 0) is 42.2 Å². The highest BCUT2D eigenvalue weighted by atomic mass is 35.5. The summed E-state index contributed by atoms with van der Waals surface area (Å²) >= 11 is 5.95. The molecule has 0 radical (unpaired) electrons. The fourth-order valence-corrected chi connectivity index (χ4v) is 2.78. The maximum absolute atomic E-state index is 13.5. The second kappa shape index (κ2) is 9.92. The molecule has 0 atom stereocenters. The first kappa shape index (κ1) is 19.9. The molecule has 0 aliphatic carbocycles. The van der Waals surface area contributed by atoms with Gasteiger partial charge in [0.15, 0.2) is 0 Å². The summed E-state index contributed by atoms with van der Waals surface area (Å²) in [5, 5.41) is 3.37. The molecule has 26 heavy (non-hydrogen) atoms. The Morgan fingerprint density at radius 2 is 1.88 bits per heavy atom. The molecule has 4 nitrogen and oxygen atoms in total. The van der Waals surface area contributed by atoms with Crippen LogP contribution in [-0.4, -0.2) is 36.3 Å². The molecule has 0 aromatic heterocycles. The van der Waals surface area contributed by atoms with Gasteiger partial charge in [-0.3, -0.25) is 9.59 Å². The Bertz CT molecular complexity index is 767. The number of halogens is 2. The van der Waals surface area contributed by atoms with Crippen molar-refractivity contribution in [2.24, 2.45) is 0 Å². The molecule has 0 aliphatic rings. The molecular weight excluding hydrogens is 355 g/mol. The number of carbonyl (C=O) groups excluding carboxylic acids is 2. The third-order valence-electron chi connectivity index (χ3n) is 4.01. The van der Waals surface area contributed by atoms with E-state index in [0.717, 1.165) is 5.56 Å². The van der Waals surface area contributed by atoms with Crippen molar-refractivity contribution >= 4 is 23.4 Å². The van der Waals surface area contributed by atoms with Crippen molar-refractivity contribution in [3.05, 3.63) is 70.5 Å². The fourth-order valence-electron chi connectivity index (χ4n) is 2.57. The zero-order valence-electron chi connectivity index (χ0n) is 14.7. The highest BCUT2D eigenvalue weighted by molar-refractivity contribution is 6.30. The Kier molecular flexibility index (Phi) is 7.60. The molecule has 0 saturated carbocycles. The maximum Gasteiger partial charge on any atom is 0.239 e. The van der Waals surface area contributed by atoms with E-state index < -0.39 is 0 Å². The van der Waals surface area contributed by atoms with Gasteiger partial charge >= 0.3 is 0 Å². The fraction of sp³-hybridized carbons (Fsp3) is 0.300. The molecule has 0 unspecified atom stereocenters. The van der Waals surface area contributed by atoms with Crippen LogP contribution in [0.4, 0.5) is 4.39 Å². The monoisotopic (exact) mass is 376 g/mol. The number of nitrogens with zero attached hydrogens (tertiary/aromatic N) is 1. The van der Waals surface area contributed by atoms with Crippen molar-refractivity contribution in [2.75, 3.05) is 19.6 Å². The quantitative estimate of drug-likeness (QED) is 0.769. The number of hydrogen-bond donors (Lipinski definition) is 1. The zero-order valence-corrected chi connectivity index (χ0v) is 15.4. The number of amides is 2. The second-order valence-electron chi connectivity index (χ2n) is 6.01. The number of rotatable bonds is 8. The molecule has 0 spiro atoms. The summed E-state index contributed by atoms with van der Waals surface area (Å²) < 4.78 is 13.5. The lowest BCUT2D eigenvalue weighted by molar-refractivity contribution is -0.134. The lowest BCUT2D eigenvalue weighted by atomic mass is 10.1. The lowest BCUT2D eigenvalue weighted by Crippen LogP contribution is -2.41. The van der Waals surface area contributed by atoms with E-state index in [-0.39, 0.29) is 24.2 Å². The minimum atomic E-state index is -0.284. The molecule has 2 aromatic carbocycles. The minimum Gasteiger partial charge on any atom is -0.354 e. The summed E-state index contributed by atoms with van der Waals surface area (Å²) in [4.78, 5) is 25.3. The first-order chi connectivity index (χ1) is 12.5. The topological polar surface area (TPSA) is 49.4 Å². The van der Waals surface area contributed by atoms with Crippen molar-refractivity contribution in [1.29, 1.82) is 0 Å². The van der Waals surface area contributed by atoms with Gasteiger partial charge < -0.3 is 10.2 Å². The first-order valence-corrected chi connectivity index (χ1v) is 8.83. The van der Waals surface area contributed by atoms with Gasteiger partial charge in [0.25, 0.3) is 0 Å². The summed E-state index contributed by atoms with van der Waals surface area (Å²) in [6.45, 7) is 2.16. The van der Waals surface area contributed by atoms with Gasteiger partial charge in [-0.25, -0.2) is 4.39 Å². The van der Waals surface area contributed by atoms with E-state index in [9.17, 15) is 14.0 Å². The van der Waals surface area contributed by atoms with E-state index in [4.69, 9.17) is 11.6 Å². The minimum absolute atomic E-state index is 0.0207. The van der Waals surface area contributed by atoms with E-state index in [2.05, 4.69) is 5.32 Å². The van der Waals surface area contributed by atoms with E-state index >= 15 is 0 Å². The molecule has 0 fully saturated rings. The Hall–Kier alpha value is -2.40. The summed E-state index contributed by atoms with van der Waals surface area (Å²) in [5.41, 5.74) is 1.56. The first-order valence-electron chi connectivity index (χ1n) is 8.46. The predicted molar refractivity (Wildman–Crippen MR) is 101 cm³/mol. The van der Waals surface area contributed by atoms with Gasteiger partial charge in [0.05, 0.1) is 6.54 Å². The smallest absolute Gasteiger partial charge is 0.239 e. The molecular formula is C20H22ClFN2O2. The van der Waals surface area contributed by atoms with Crippen LogP contribution >= 0.6 is 11.6 Å². The van der Waals surface area contributed by atoms with Crippen LogP contribution in [0.5, 0.6) is 0 Å². The van der Waals surface area contributed by atoms with Crippen molar-refractivity contribution < 1.29 is 14.0 Å². The van der Waals surface area contributed by atoms with Gasteiger partial charge in [0.2, 0.25) is 11.8 Å². The normalized spacial score (nSPS) is 10.4. The van der Waals surface area contributed by atoms with Gasteiger partial charge in [0.1, 0.15) is 5.82 Å². The van der Waals surface area contributed by atoms with Crippen LogP contribution < -0.4 is 5.32 Å².